The van der Waals surface area contributed by atoms with Crippen molar-refractivity contribution in [3.05, 3.63) is 48.6 Å². The Kier molecular flexibility index (Phi) is 33.5. The minimum absolute atomic E-state index is 0.0249. The van der Waals surface area contributed by atoms with Crippen LogP contribution in [0.2, 0.25) is 0 Å². The number of allylic oxidation sites excluding steroid dienone is 8. The second-order valence-electron chi connectivity index (χ2n) is 16.9. The van der Waals surface area contributed by atoms with E-state index in [0.717, 1.165) is 64.3 Å². The molecule has 1 fully saturated rings. The van der Waals surface area contributed by atoms with Gasteiger partial charge in [-0.15, -0.1) is 0 Å². The number of halogens is 3. The Labute approximate surface area is 360 Å². The molecule has 0 spiro atoms. The molecule has 0 aliphatic carbocycles. The van der Waals surface area contributed by atoms with Crippen LogP contribution in [0.15, 0.2) is 48.6 Å². The van der Waals surface area contributed by atoms with Gasteiger partial charge in [-0.25, -0.2) is 8.42 Å². The van der Waals surface area contributed by atoms with E-state index in [2.05, 4.69) is 67.4 Å². The van der Waals surface area contributed by atoms with Crippen molar-refractivity contribution in [1.82, 2.24) is 4.90 Å². The first-order chi connectivity index (χ1) is 28.5. The number of carbonyl (C=O) groups is 1. The summed E-state index contributed by atoms with van der Waals surface area (Å²) in [5.41, 5.74) is -5.53. The Bertz CT molecular complexity index is 1200. The van der Waals surface area contributed by atoms with Gasteiger partial charge in [0.05, 0.1) is 12.7 Å². The van der Waals surface area contributed by atoms with Gasteiger partial charge in [-0.1, -0.05) is 146 Å². The van der Waals surface area contributed by atoms with Gasteiger partial charge in [-0.05, 0) is 110 Å². The molecule has 1 heterocycles. The van der Waals surface area contributed by atoms with Crippen molar-refractivity contribution in [1.29, 1.82) is 0 Å². The molecule has 344 valence electrons. The summed E-state index contributed by atoms with van der Waals surface area (Å²) in [5, 5.41) is -1.74. The van der Waals surface area contributed by atoms with Gasteiger partial charge in [0.2, 0.25) is 0 Å². The second-order valence-corrected chi connectivity index (χ2v) is 18.8. The average Bonchev–Trinajstić information content (AvgIpc) is 3.61. The fourth-order valence-corrected chi connectivity index (χ4v) is 8.15. The first-order valence-corrected chi connectivity index (χ1v) is 25.4. The van der Waals surface area contributed by atoms with Gasteiger partial charge in [-0.3, -0.25) is 4.79 Å². The summed E-state index contributed by atoms with van der Waals surface area (Å²) in [7, 11) is -3.73. The molecule has 1 atom stereocenters. The summed E-state index contributed by atoms with van der Waals surface area (Å²) in [6, 6.07) is 0. The van der Waals surface area contributed by atoms with Crippen molar-refractivity contribution in [2.24, 2.45) is 0 Å². The van der Waals surface area contributed by atoms with Crippen molar-refractivity contribution >= 4 is 15.0 Å². The molecule has 1 saturated heterocycles. The highest BCUT2D eigenvalue weighted by atomic mass is 32.2. The molecule has 0 aromatic rings. The zero-order chi connectivity index (χ0) is 43.3. The summed E-state index contributed by atoms with van der Waals surface area (Å²) in [4.78, 5) is 13.7. The lowest BCUT2D eigenvalue weighted by molar-refractivity contribution is -0.180. The molecule has 0 amide bonds. The van der Waals surface area contributed by atoms with Gasteiger partial charge in [0.15, 0.2) is 5.79 Å². The molecule has 1 aliphatic heterocycles. The molecule has 0 bridgehead atoms. The predicted molar refractivity (Wildman–Crippen MR) is 242 cm³/mol. The molecule has 0 saturated carbocycles. The standard InChI is InChI=1S/C49H86F3NO5S/c1-4-6-8-10-12-14-16-18-20-22-24-26-28-30-32-36-41-48(42-37-33-31-29-27-25-23-21-19-17-15-13-11-9-7-5-2)57-45-46(58-48)40-44-53(3)43-38-34-35-39-47(54)59(55,56)49(50,51)52/h12-15,18-21,46H,4-11,16-17,22-45H2,1-3H3/b14-12-,15-13-,20-18-,21-19-. The van der Waals surface area contributed by atoms with Crippen LogP contribution in [-0.4, -0.2) is 62.6 Å². The predicted octanol–water partition coefficient (Wildman–Crippen LogP) is 14.8. The number of ether oxygens (including phenoxy) is 2. The number of alkyl halides is 3. The molecule has 0 N–H and O–H groups in total. The number of hydrogen-bond acceptors (Lipinski definition) is 6. The topological polar surface area (TPSA) is 72.9 Å². The van der Waals surface area contributed by atoms with Gasteiger partial charge in [0.25, 0.3) is 5.12 Å². The molecule has 1 aliphatic rings. The number of nitrogens with zero attached hydrogens (tertiary/aromatic N) is 1. The highest BCUT2D eigenvalue weighted by molar-refractivity contribution is 8.06. The molecule has 0 aromatic heterocycles. The molecular weight excluding hydrogens is 772 g/mol. The molecule has 0 aromatic carbocycles. The number of rotatable bonds is 39. The highest BCUT2D eigenvalue weighted by Gasteiger charge is 2.50. The lowest BCUT2D eigenvalue weighted by atomic mass is 9.98. The smallest absolute Gasteiger partial charge is 0.347 e. The van der Waals surface area contributed by atoms with Crippen molar-refractivity contribution in [2.75, 3.05) is 26.7 Å². The van der Waals surface area contributed by atoms with Crippen LogP contribution in [0.3, 0.4) is 0 Å². The van der Waals surface area contributed by atoms with Crippen LogP contribution in [0.25, 0.3) is 0 Å². The van der Waals surface area contributed by atoms with E-state index in [1.54, 1.807) is 0 Å². The van der Waals surface area contributed by atoms with Crippen LogP contribution in [0.4, 0.5) is 13.2 Å². The number of sulfone groups is 1. The Morgan fingerprint density at radius 3 is 1.49 bits per heavy atom. The van der Waals surface area contributed by atoms with E-state index >= 15 is 0 Å². The van der Waals surface area contributed by atoms with Gasteiger partial charge >= 0.3 is 15.3 Å². The molecule has 10 heteroatoms. The maximum atomic E-state index is 12.6. The Hall–Kier alpha value is -1.75. The summed E-state index contributed by atoms with van der Waals surface area (Å²) in [6.07, 6.45) is 51.2. The van der Waals surface area contributed by atoms with E-state index in [4.69, 9.17) is 9.47 Å². The third-order valence-electron chi connectivity index (χ3n) is 11.3. The second kappa shape index (κ2) is 35.8. The molecular formula is C49H86F3NO5S. The summed E-state index contributed by atoms with van der Waals surface area (Å²) in [6.45, 7) is 6.58. The Morgan fingerprint density at radius 2 is 1.03 bits per heavy atom. The van der Waals surface area contributed by atoms with Crippen LogP contribution >= 0.6 is 0 Å². The highest BCUT2D eigenvalue weighted by Crippen LogP contribution is 2.36. The van der Waals surface area contributed by atoms with Crippen molar-refractivity contribution in [2.45, 2.75) is 230 Å². The Morgan fingerprint density at radius 1 is 0.610 bits per heavy atom. The monoisotopic (exact) mass is 858 g/mol. The molecule has 1 unspecified atom stereocenters. The van der Waals surface area contributed by atoms with Gasteiger partial charge < -0.3 is 14.4 Å². The third-order valence-corrected chi connectivity index (χ3v) is 12.7. The number of carbonyl (C=O) groups excluding carboxylic acids is 1. The lowest BCUT2D eigenvalue weighted by Crippen LogP contribution is -2.32. The van der Waals surface area contributed by atoms with Gasteiger partial charge in [-0.2, -0.15) is 13.2 Å². The van der Waals surface area contributed by atoms with Crippen molar-refractivity contribution < 1.29 is 35.9 Å². The van der Waals surface area contributed by atoms with E-state index < -0.39 is 32.7 Å². The quantitative estimate of drug-likeness (QED) is 0.0453. The van der Waals surface area contributed by atoms with Crippen LogP contribution in [0.5, 0.6) is 0 Å². The van der Waals surface area contributed by atoms with Crippen molar-refractivity contribution in [3.8, 4) is 0 Å². The zero-order valence-corrected chi connectivity index (χ0v) is 38.6. The zero-order valence-electron chi connectivity index (χ0n) is 37.8. The Balaban J connectivity index is 2.40. The average molecular weight is 858 g/mol. The van der Waals surface area contributed by atoms with E-state index in [1.165, 1.54) is 116 Å². The SMILES string of the molecule is CCCCC/C=C\C/C=C\CCCCCCCCC1(CCCCCCCC/C=C\C/C=C\CCCCC)OCC(CCN(C)CCCCCC(=O)S(=O)(=O)C(F)(F)F)O1. The number of hydrogen-bond donors (Lipinski definition) is 0. The van der Waals surface area contributed by atoms with Crippen LogP contribution in [0.1, 0.15) is 213 Å². The lowest BCUT2D eigenvalue weighted by Gasteiger charge is -2.29. The first kappa shape index (κ1) is 55.3. The largest absolute Gasteiger partial charge is 0.504 e. The molecule has 59 heavy (non-hydrogen) atoms. The summed E-state index contributed by atoms with van der Waals surface area (Å²) in [5.74, 6) is -0.503. The van der Waals surface area contributed by atoms with Crippen LogP contribution in [0, 0.1) is 0 Å². The van der Waals surface area contributed by atoms with E-state index in [-0.39, 0.29) is 12.5 Å². The number of unbranched alkanes of at least 4 members (excludes halogenated alkanes) is 20. The van der Waals surface area contributed by atoms with Crippen LogP contribution in [-0.2, 0) is 24.1 Å². The van der Waals surface area contributed by atoms with Gasteiger partial charge in [0.1, 0.15) is 0 Å². The minimum atomic E-state index is -5.73. The summed E-state index contributed by atoms with van der Waals surface area (Å²) < 4.78 is 73.5. The van der Waals surface area contributed by atoms with Crippen molar-refractivity contribution in [3.63, 3.8) is 0 Å². The molecule has 0 radical (unpaired) electrons. The van der Waals surface area contributed by atoms with Crippen LogP contribution < -0.4 is 0 Å². The summed E-state index contributed by atoms with van der Waals surface area (Å²) >= 11 is 0. The van der Waals surface area contributed by atoms with Gasteiger partial charge in [0, 0.05) is 25.8 Å². The van der Waals surface area contributed by atoms with E-state index in [1.807, 2.05) is 7.05 Å². The molecule has 1 rings (SSSR count). The normalized spacial score (nSPS) is 16.4. The van der Waals surface area contributed by atoms with E-state index in [0.29, 0.717) is 26.0 Å². The fourth-order valence-electron chi connectivity index (χ4n) is 7.48. The van der Waals surface area contributed by atoms with E-state index in [9.17, 15) is 26.4 Å². The fraction of sp³-hybridized carbons (Fsp3) is 0.816. The third kappa shape index (κ3) is 29.2. The maximum Gasteiger partial charge on any atom is 0.504 e. The minimum Gasteiger partial charge on any atom is -0.347 e. The molecule has 6 nitrogen and oxygen atoms in total. The first-order valence-electron chi connectivity index (χ1n) is 23.9. The maximum absolute atomic E-state index is 12.6.